The number of ether oxygens (including phenoxy) is 3. The molecule has 0 N–H and O–H groups in total. The molecule has 2 heterocycles. The molecule has 0 radical (unpaired) electrons. The van der Waals surface area contributed by atoms with Gasteiger partial charge in [-0.15, -0.1) is 4.37 Å². The minimum absolute atomic E-state index is 0.00791. The SMILES string of the molecule is CCCCCCOc1nsnc1C1=CCC[N+](C)(C(C)OC(=O)CCC(=O)OC(C)(C)C)C1. The van der Waals surface area contributed by atoms with Crippen molar-refractivity contribution in [1.82, 2.24) is 8.75 Å². The first kappa shape index (κ1) is 27.2. The predicted octanol–water partition coefficient (Wildman–Crippen LogP) is 4.74. The second-order valence-corrected chi connectivity index (χ2v) is 10.4. The fraction of sp³-hybridized carbons (Fsp3) is 0.750. The summed E-state index contributed by atoms with van der Waals surface area (Å²) in [6, 6.07) is 0. The summed E-state index contributed by atoms with van der Waals surface area (Å²) in [4.78, 5) is 24.3. The van der Waals surface area contributed by atoms with Crippen molar-refractivity contribution in [2.45, 2.75) is 91.4 Å². The molecule has 2 atom stereocenters. The van der Waals surface area contributed by atoms with Gasteiger partial charge in [-0.05, 0) is 27.2 Å². The van der Waals surface area contributed by atoms with E-state index >= 15 is 0 Å². The van der Waals surface area contributed by atoms with Crippen LogP contribution in [-0.2, 0) is 19.1 Å². The van der Waals surface area contributed by atoms with Gasteiger partial charge < -0.3 is 14.2 Å². The van der Waals surface area contributed by atoms with Crippen LogP contribution in [0, 0.1) is 0 Å². The minimum Gasteiger partial charge on any atom is -0.475 e. The fourth-order valence-electron chi connectivity index (χ4n) is 3.69. The zero-order valence-electron chi connectivity index (χ0n) is 21.0. The van der Waals surface area contributed by atoms with Crippen molar-refractivity contribution < 1.29 is 28.3 Å². The van der Waals surface area contributed by atoms with Gasteiger partial charge in [-0.2, -0.15) is 4.37 Å². The van der Waals surface area contributed by atoms with Crippen LogP contribution < -0.4 is 4.74 Å². The molecule has 0 fully saturated rings. The van der Waals surface area contributed by atoms with Gasteiger partial charge in [0, 0.05) is 18.9 Å². The lowest BCUT2D eigenvalue weighted by Crippen LogP contribution is -2.55. The molecule has 33 heavy (non-hydrogen) atoms. The quantitative estimate of drug-likeness (QED) is 0.241. The van der Waals surface area contributed by atoms with E-state index in [0.717, 1.165) is 48.8 Å². The number of nitrogens with zero attached hydrogens (tertiary/aromatic N) is 3. The summed E-state index contributed by atoms with van der Waals surface area (Å²) < 4.78 is 26.3. The van der Waals surface area contributed by atoms with Crippen molar-refractivity contribution in [3.63, 3.8) is 0 Å². The van der Waals surface area contributed by atoms with E-state index < -0.39 is 17.5 Å². The van der Waals surface area contributed by atoms with Gasteiger partial charge in [0.1, 0.15) is 17.8 Å². The summed E-state index contributed by atoms with van der Waals surface area (Å²) in [6.45, 7) is 11.7. The molecule has 9 heteroatoms. The zero-order valence-corrected chi connectivity index (χ0v) is 21.8. The topological polar surface area (TPSA) is 87.6 Å². The average Bonchev–Trinajstić information content (AvgIpc) is 3.19. The maximum atomic E-state index is 12.4. The second kappa shape index (κ2) is 12.5. The summed E-state index contributed by atoms with van der Waals surface area (Å²) in [5, 5.41) is 0. The highest BCUT2D eigenvalue weighted by atomic mass is 32.1. The van der Waals surface area contributed by atoms with Gasteiger partial charge in [-0.25, -0.2) is 0 Å². The Labute approximate surface area is 202 Å². The van der Waals surface area contributed by atoms with Gasteiger partial charge >= 0.3 is 11.9 Å². The van der Waals surface area contributed by atoms with Gasteiger partial charge in [-0.1, -0.05) is 32.3 Å². The number of hydrogen-bond acceptors (Lipinski definition) is 8. The van der Waals surface area contributed by atoms with Crippen LogP contribution in [-0.4, -0.2) is 63.7 Å². The zero-order chi connectivity index (χ0) is 24.5. The first-order chi connectivity index (χ1) is 15.5. The van der Waals surface area contributed by atoms with Crippen molar-refractivity contribution in [2.24, 2.45) is 0 Å². The van der Waals surface area contributed by atoms with Crippen LogP contribution in [0.3, 0.4) is 0 Å². The Morgan fingerprint density at radius 1 is 1.15 bits per heavy atom. The minimum atomic E-state index is -0.563. The Balaban J connectivity index is 1.90. The maximum absolute atomic E-state index is 12.4. The third kappa shape index (κ3) is 9.04. The summed E-state index contributed by atoms with van der Waals surface area (Å²) >= 11 is 1.16. The van der Waals surface area contributed by atoms with E-state index in [2.05, 4.69) is 28.8 Å². The van der Waals surface area contributed by atoms with Gasteiger partial charge in [-0.3, -0.25) is 14.1 Å². The lowest BCUT2D eigenvalue weighted by atomic mass is 10.0. The third-order valence-corrected chi connectivity index (χ3v) is 6.21. The molecule has 1 aliphatic rings. The molecular formula is C24H40N3O5S+. The highest BCUT2D eigenvalue weighted by Crippen LogP contribution is 2.31. The standard InChI is InChI=1S/C24H40N3O5S/c1-7-8-9-10-16-30-23-22(25-33-26-23)19-12-11-15-27(6,17-19)18(2)31-20(28)13-14-21(29)32-24(3,4)5/h12,18H,7-11,13-17H2,1-6H3/q+1. The summed E-state index contributed by atoms with van der Waals surface area (Å²) in [6.07, 6.45) is 7.25. The molecule has 1 aliphatic heterocycles. The number of esters is 2. The van der Waals surface area contributed by atoms with Crippen LogP contribution >= 0.6 is 11.7 Å². The van der Waals surface area contributed by atoms with E-state index in [9.17, 15) is 9.59 Å². The number of hydrogen-bond donors (Lipinski definition) is 0. The third-order valence-electron chi connectivity index (χ3n) is 5.69. The van der Waals surface area contributed by atoms with Crippen molar-refractivity contribution in [3.05, 3.63) is 11.8 Å². The van der Waals surface area contributed by atoms with E-state index in [1.54, 1.807) is 20.8 Å². The molecule has 0 spiro atoms. The van der Waals surface area contributed by atoms with Crippen molar-refractivity contribution >= 4 is 29.2 Å². The first-order valence-corrected chi connectivity index (χ1v) is 12.7. The highest BCUT2D eigenvalue weighted by molar-refractivity contribution is 6.99. The van der Waals surface area contributed by atoms with Crippen molar-refractivity contribution in [1.29, 1.82) is 0 Å². The van der Waals surface area contributed by atoms with Gasteiger partial charge in [0.25, 0.3) is 5.88 Å². The average molecular weight is 483 g/mol. The molecule has 0 aliphatic carbocycles. The number of carbonyl (C=O) groups is 2. The van der Waals surface area contributed by atoms with E-state index in [0.29, 0.717) is 23.5 Å². The summed E-state index contributed by atoms with van der Waals surface area (Å²) in [5.74, 6) is -0.192. The number of carbonyl (C=O) groups excluding carboxylic acids is 2. The van der Waals surface area contributed by atoms with Crippen LogP contribution in [0.4, 0.5) is 0 Å². The lowest BCUT2D eigenvalue weighted by molar-refractivity contribution is -0.944. The first-order valence-electron chi connectivity index (χ1n) is 11.9. The molecule has 2 unspecified atom stereocenters. The molecule has 0 bridgehead atoms. The number of quaternary nitrogens is 1. The van der Waals surface area contributed by atoms with Crippen molar-refractivity contribution in [3.8, 4) is 5.88 Å². The van der Waals surface area contributed by atoms with E-state index in [-0.39, 0.29) is 19.1 Å². The van der Waals surface area contributed by atoms with E-state index in [4.69, 9.17) is 14.2 Å². The normalized spacial score (nSPS) is 19.5. The van der Waals surface area contributed by atoms with Crippen LogP contribution in [0.5, 0.6) is 5.88 Å². The molecule has 2 rings (SSSR count). The Morgan fingerprint density at radius 3 is 2.58 bits per heavy atom. The second-order valence-electron chi connectivity index (χ2n) is 9.88. The Morgan fingerprint density at radius 2 is 1.88 bits per heavy atom. The Bertz CT molecular complexity index is 817. The summed E-state index contributed by atoms with van der Waals surface area (Å²) in [7, 11) is 2.07. The highest BCUT2D eigenvalue weighted by Gasteiger charge is 2.36. The molecule has 1 aromatic heterocycles. The van der Waals surface area contributed by atoms with E-state index in [1.807, 2.05) is 6.92 Å². The van der Waals surface area contributed by atoms with Crippen molar-refractivity contribution in [2.75, 3.05) is 26.7 Å². The summed E-state index contributed by atoms with van der Waals surface area (Å²) in [5.41, 5.74) is 1.30. The lowest BCUT2D eigenvalue weighted by Gasteiger charge is -2.41. The Hall–Kier alpha value is -2.00. The van der Waals surface area contributed by atoms with E-state index in [1.165, 1.54) is 12.8 Å². The van der Waals surface area contributed by atoms with Crippen LogP contribution in [0.2, 0.25) is 0 Å². The smallest absolute Gasteiger partial charge is 0.310 e. The molecule has 0 amide bonds. The monoisotopic (exact) mass is 482 g/mol. The molecule has 0 saturated heterocycles. The molecule has 0 saturated carbocycles. The molecule has 0 aromatic carbocycles. The largest absolute Gasteiger partial charge is 0.475 e. The molecule has 186 valence electrons. The van der Waals surface area contributed by atoms with Crippen LogP contribution in [0.1, 0.15) is 85.3 Å². The number of aromatic nitrogens is 2. The maximum Gasteiger partial charge on any atom is 0.310 e. The van der Waals surface area contributed by atoms with Crippen LogP contribution in [0.15, 0.2) is 6.08 Å². The molecule has 1 aromatic rings. The number of likely N-dealkylation sites (N-methyl/N-ethyl adjacent to an activating group) is 1. The fourth-order valence-corrected chi connectivity index (χ4v) is 4.22. The predicted molar refractivity (Wildman–Crippen MR) is 129 cm³/mol. The number of rotatable bonds is 12. The van der Waals surface area contributed by atoms with Gasteiger partial charge in [0.15, 0.2) is 0 Å². The van der Waals surface area contributed by atoms with Crippen LogP contribution in [0.25, 0.3) is 5.57 Å². The molecular weight excluding hydrogens is 442 g/mol. The molecule has 8 nitrogen and oxygen atoms in total. The van der Waals surface area contributed by atoms with Gasteiger partial charge in [0.2, 0.25) is 6.23 Å². The van der Waals surface area contributed by atoms with Gasteiger partial charge in [0.05, 0.1) is 44.8 Å². The number of unbranched alkanes of at least 4 members (excludes halogenated alkanes) is 3. The Kier molecular flexibility index (Phi) is 10.3.